The first-order chi connectivity index (χ1) is 12.5. The highest BCUT2D eigenvalue weighted by Gasteiger charge is 2.19. The summed E-state index contributed by atoms with van der Waals surface area (Å²) in [5, 5.41) is 2.78. The van der Waals surface area contributed by atoms with Crippen LogP contribution in [0, 0.1) is 0 Å². The predicted molar refractivity (Wildman–Crippen MR) is 98.4 cm³/mol. The van der Waals surface area contributed by atoms with Crippen molar-refractivity contribution < 1.29 is 19.1 Å². The van der Waals surface area contributed by atoms with E-state index in [4.69, 9.17) is 4.74 Å². The number of carbonyl (C=O) groups is 3. The van der Waals surface area contributed by atoms with Crippen LogP contribution in [0.15, 0.2) is 48.5 Å². The maximum absolute atomic E-state index is 12.5. The number of benzene rings is 2. The second-order valence-corrected chi connectivity index (χ2v) is 6.09. The molecule has 1 saturated heterocycles. The van der Waals surface area contributed by atoms with E-state index in [-0.39, 0.29) is 23.1 Å². The van der Waals surface area contributed by atoms with Crippen LogP contribution in [0.4, 0.5) is 11.4 Å². The molecule has 26 heavy (non-hydrogen) atoms. The molecule has 134 valence electrons. The van der Waals surface area contributed by atoms with Gasteiger partial charge in [-0.05, 0) is 49.2 Å². The molecule has 0 aliphatic carbocycles. The third-order valence-electron chi connectivity index (χ3n) is 4.15. The molecule has 0 spiro atoms. The van der Waals surface area contributed by atoms with Crippen molar-refractivity contribution in [1.82, 2.24) is 0 Å². The van der Waals surface area contributed by atoms with Crippen molar-refractivity contribution >= 4 is 29.2 Å². The topological polar surface area (TPSA) is 75.7 Å². The normalized spacial score (nSPS) is 14.0. The Bertz CT molecular complexity index is 830. The zero-order valence-corrected chi connectivity index (χ0v) is 14.5. The van der Waals surface area contributed by atoms with Gasteiger partial charge in [-0.3, -0.25) is 14.4 Å². The number of anilines is 2. The maximum Gasteiger partial charge on any atom is 0.308 e. The SMILES string of the molecule is CC(=O)Oc1ccccc1C(=O)Nc1ccc(N2CCCCC2=O)cc1. The van der Waals surface area contributed by atoms with Crippen molar-refractivity contribution in [2.45, 2.75) is 26.2 Å². The monoisotopic (exact) mass is 352 g/mol. The highest BCUT2D eigenvalue weighted by atomic mass is 16.5. The van der Waals surface area contributed by atoms with E-state index < -0.39 is 5.97 Å². The fraction of sp³-hybridized carbons (Fsp3) is 0.250. The van der Waals surface area contributed by atoms with Gasteiger partial charge in [-0.1, -0.05) is 12.1 Å². The molecule has 2 aromatic carbocycles. The first kappa shape index (κ1) is 17.7. The molecule has 0 saturated carbocycles. The number of amides is 2. The number of carbonyl (C=O) groups excluding carboxylic acids is 3. The summed E-state index contributed by atoms with van der Waals surface area (Å²) in [4.78, 5) is 37.4. The molecule has 1 heterocycles. The molecule has 0 radical (unpaired) electrons. The van der Waals surface area contributed by atoms with Crippen LogP contribution in [-0.4, -0.2) is 24.3 Å². The Morgan fingerprint density at radius 2 is 1.77 bits per heavy atom. The maximum atomic E-state index is 12.5. The Hall–Kier alpha value is -3.15. The van der Waals surface area contributed by atoms with E-state index in [0.717, 1.165) is 25.1 Å². The van der Waals surface area contributed by atoms with E-state index in [1.54, 1.807) is 41.3 Å². The second kappa shape index (κ2) is 7.82. The summed E-state index contributed by atoms with van der Waals surface area (Å²) < 4.78 is 5.07. The molecule has 0 unspecified atom stereocenters. The van der Waals surface area contributed by atoms with E-state index in [9.17, 15) is 14.4 Å². The minimum atomic E-state index is -0.485. The Labute approximate surface area is 151 Å². The number of para-hydroxylation sites is 1. The molecule has 1 N–H and O–H groups in total. The van der Waals surface area contributed by atoms with E-state index in [1.807, 2.05) is 12.1 Å². The molecule has 1 aliphatic rings. The van der Waals surface area contributed by atoms with Crippen molar-refractivity contribution in [3.05, 3.63) is 54.1 Å². The predicted octanol–water partition coefficient (Wildman–Crippen LogP) is 3.38. The number of nitrogens with zero attached hydrogens (tertiary/aromatic N) is 1. The summed E-state index contributed by atoms with van der Waals surface area (Å²) in [5.41, 5.74) is 1.70. The molecule has 0 atom stereocenters. The van der Waals surface area contributed by atoms with Crippen LogP contribution in [0.1, 0.15) is 36.5 Å². The Kier molecular flexibility index (Phi) is 5.31. The van der Waals surface area contributed by atoms with Gasteiger partial charge < -0.3 is 15.0 Å². The van der Waals surface area contributed by atoms with Gasteiger partial charge >= 0.3 is 5.97 Å². The van der Waals surface area contributed by atoms with Gasteiger partial charge in [0.05, 0.1) is 5.56 Å². The summed E-state index contributed by atoms with van der Waals surface area (Å²) in [6.45, 7) is 2.01. The van der Waals surface area contributed by atoms with E-state index in [2.05, 4.69) is 5.32 Å². The van der Waals surface area contributed by atoms with Crippen LogP contribution in [-0.2, 0) is 9.59 Å². The van der Waals surface area contributed by atoms with Crippen LogP contribution in [0.3, 0.4) is 0 Å². The number of nitrogens with one attached hydrogen (secondary N) is 1. The van der Waals surface area contributed by atoms with Crippen LogP contribution in [0.25, 0.3) is 0 Å². The van der Waals surface area contributed by atoms with Gasteiger partial charge in [0.2, 0.25) is 5.91 Å². The molecule has 2 amide bonds. The number of ether oxygens (including phenoxy) is 1. The Morgan fingerprint density at radius 1 is 1.04 bits per heavy atom. The van der Waals surface area contributed by atoms with E-state index >= 15 is 0 Å². The molecular weight excluding hydrogens is 332 g/mol. The number of hydrogen-bond acceptors (Lipinski definition) is 4. The molecule has 1 fully saturated rings. The molecule has 0 aromatic heterocycles. The van der Waals surface area contributed by atoms with Crippen LogP contribution in [0.5, 0.6) is 5.75 Å². The van der Waals surface area contributed by atoms with Gasteiger partial charge in [-0.15, -0.1) is 0 Å². The van der Waals surface area contributed by atoms with Crippen molar-refractivity contribution in [3.63, 3.8) is 0 Å². The number of piperidine rings is 1. The molecule has 6 nitrogen and oxygen atoms in total. The van der Waals surface area contributed by atoms with Crippen LogP contribution < -0.4 is 15.0 Å². The average Bonchev–Trinajstić information content (AvgIpc) is 2.63. The third-order valence-corrected chi connectivity index (χ3v) is 4.15. The van der Waals surface area contributed by atoms with Gasteiger partial charge in [-0.25, -0.2) is 0 Å². The average molecular weight is 352 g/mol. The van der Waals surface area contributed by atoms with Crippen molar-refractivity contribution in [1.29, 1.82) is 0 Å². The van der Waals surface area contributed by atoms with E-state index in [0.29, 0.717) is 12.1 Å². The highest BCUT2D eigenvalue weighted by molar-refractivity contribution is 6.06. The van der Waals surface area contributed by atoms with Crippen molar-refractivity contribution in [2.24, 2.45) is 0 Å². The summed E-state index contributed by atoms with van der Waals surface area (Å²) >= 11 is 0. The molecule has 3 rings (SSSR count). The number of rotatable bonds is 4. The summed E-state index contributed by atoms with van der Waals surface area (Å²) in [7, 11) is 0. The lowest BCUT2D eigenvalue weighted by atomic mass is 10.1. The molecule has 2 aromatic rings. The summed E-state index contributed by atoms with van der Waals surface area (Å²) in [6.07, 6.45) is 2.51. The van der Waals surface area contributed by atoms with Crippen molar-refractivity contribution in [2.75, 3.05) is 16.8 Å². The van der Waals surface area contributed by atoms with Crippen molar-refractivity contribution in [3.8, 4) is 5.75 Å². The smallest absolute Gasteiger partial charge is 0.308 e. The number of hydrogen-bond donors (Lipinski definition) is 1. The summed E-state index contributed by atoms with van der Waals surface area (Å²) in [5.74, 6) is -0.513. The van der Waals surface area contributed by atoms with Crippen LogP contribution in [0.2, 0.25) is 0 Å². The fourth-order valence-corrected chi connectivity index (χ4v) is 2.90. The Balaban J connectivity index is 1.72. The minimum absolute atomic E-state index is 0.128. The molecule has 0 bridgehead atoms. The van der Waals surface area contributed by atoms with Crippen LogP contribution >= 0.6 is 0 Å². The fourth-order valence-electron chi connectivity index (χ4n) is 2.90. The molecule has 1 aliphatic heterocycles. The van der Waals surface area contributed by atoms with Gasteiger partial charge in [0, 0.05) is 31.3 Å². The number of esters is 1. The quantitative estimate of drug-likeness (QED) is 0.676. The third kappa shape index (κ3) is 4.08. The van der Waals surface area contributed by atoms with Gasteiger partial charge in [0.1, 0.15) is 5.75 Å². The van der Waals surface area contributed by atoms with E-state index in [1.165, 1.54) is 6.92 Å². The Morgan fingerprint density at radius 3 is 2.46 bits per heavy atom. The first-order valence-corrected chi connectivity index (χ1v) is 8.54. The lowest BCUT2D eigenvalue weighted by Gasteiger charge is -2.26. The molecule has 6 heteroatoms. The zero-order valence-electron chi connectivity index (χ0n) is 14.5. The molecular formula is C20H20N2O4. The largest absolute Gasteiger partial charge is 0.426 e. The van der Waals surface area contributed by atoms with Gasteiger partial charge in [0.25, 0.3) is 5.91 Å². The lowest BCUT2D eigenvalue weighted by Crippen LogP contribution is -2.35. The van der Waals surface area contributed by atoms with Gasteiger partial charge in [-0.2, -0.15) is 0 Å². The zero-order chi connectivity index (χ0) is 18.5. The van der Waals surface area contributed by atoms with Gasteiger partial charge in [0.15, 0.2) is 0 Å². The summed E-state index contributed by atoms with van der Waals surface area (Å²) in [6, 6.07) is 13.7. The minimum Gasteiger partial charge on any atom is -0.426 e. The standard InChI is InChI=1S/C20H20N2O4/c1-14(23)26-18-7-3-2-6-17(18)20(25)21-15-9-11-16(12-10-15)22-13-5-4-8-19(22)24/h2-3,6-7,9-12H,4-5,8,13H2,1H3,(H,21,25). The first-order valence-electron chi connectivity index (χ1n) is 8.54. The second-order valence-electron chi connectivity index (χ2n) is 6.09. The lowest BCUT2D eigenvalue weighted by molar-refractivity contribution is -0.131. The highest BCUT2D eigenvalue weighted by Crippen LogP contribution is 2.24.